The van der Waals surface area contributed by atoms with Gasteiger partial charge in [-0.25, -0.2) is 0 Å². The molecule has 0 N–H and O–H groups in total. The monoisotopic (exact) mass is 444 g/mol. The van der Waals surface area contributed by atoms with E-state index in [4.69, 9.17) is 28.4 Å². The van der Waals surface area contributed by atoms with Crippen LogP contribution in [-0.4, -0.2) is 39.0 Å². The van der Waals surface area contributed by atoms with Crippen molar-refractivity contribution in [3.05, 3.63) is 48.5 Å². The summed E-state index contributed by atoms with van der Waals surface area (Å²) >= 11 is 0. The van der Waals surface area contributed by atoms with Gasteiger partial charge in [-0.05, 0) is 61.4 Å². The van der Waals surface area contributed by atoms with Crippen LogP contribution < -0.4 is 18.9 Å². The Morgan fingerprint density at radius 3 is 1.34 bits per heavy atom. The Kier molecular flexibility index (Phi) is 10.5. The lowest BCUT2D eigenvalue weighted by atomic mass is 10.2. The molecule has 32 heavy (non-hydrogen) atoms. The summed E-state index contributed by atoms with van der Waals surface area (Å²) in [5, 5.41) is 0. The normalized spacial score (nSPS) is 18.2. The highest BCUT2D eigenvalue weighted by Crippen LogP contribution is 2.25. The number of unbranched alkanes of at least 4 members (excludes halogenated alkanes) is 4. The predicted molar refractivity (Wildman–Crippen MR) is 124 cm³/mol. The van der Waals surface area contributed by atoms with Gasteiger partial charge in [-0.2, -0.15) is 0 Å². The first-order valence-corrected chi connectivity index (χ1v) is 11.8. The fourth-order valence-corrected chi connectivity index (χ4v) is 3.25. The summed E-state index contributed by atoms with van der Waals surface area (Å²) in [7, 11) is 0. The van der Waals surface area contributed by atoms with E-state index in [1.165, 1.54) is 25.7 Å². The summed E-state index contributed by atoms with van der Waals surface area (Å²) in [6, 6.07) is 15.1. The minimum Gasteiger partial charge on any atom is -0.494 e. The van der Waals surface area contributed by atoms with Crippen LogP contribution in [0.5, 0.6) is 23.0 Å². The average molecular weight is 445 g/mol. The zero-order valence-electron chi connectivity index (χ0n) is 19.3. The topological polar surface area (TPSA) is 55.4 Å². The van der Waals surface area contributed by atoms with E-state index in [9.17, 15) is 0 Å². The van der Waals surface area contributed by atoms with Crippen molar-refractivity contribution in [2.45, 2.75) is 65.0 Å². The van der Waals surface area contributed by atoms with Crippen LogP contribution in [0.1, 0.15) is 52.4 Å². The zero-order chi connectivity index (χ0) is 22.4. The molecule has 0 bridgehead atoms. The van der Waals surface area contributed by atoms with E-state index in [1.807, 2.05) is 48.5 Å². The van der Waals surface area contributed by atoms with Crippen LogP contribution in [0, 0.1) is 0 Å². The molecule has 0 aliphatic carbocycles. The molecule has 0 spiro atoms. The molecule has 0 amide bonds. The average Bonchev–Trinajstić information content (AvgIpc) is 2.83. The number of hydrogen-bond donors (Lipinski definition) is 0. The fraction of sp³-hybridized carbons (Fsp3) is 0.538. The lowest BCUT2D eigenvalue weighted by molar-refractivity contribution is -0.271. The largest absolute Gasteiger partial charge is 0.494 e. The van der Waals surface area contributed by atoms with Gasteiger partial charge in [0, 0.05) is 0 Å². The molecule has 3 rings (SSSR count). The minimum absolute atomic E-state index is 0.452. The van der Waals surface area contributed by atoms with Crippen LogP contribution in [0.15, 0.2) is 48.5 Å². The summed E-state index contributed by atoms with van der Waals surface area (Å²) in [6.45, 7) is 6.72. The molecule has 1 saturated heterocycles. The highest BCUT2D eigenvalue weighted by Gasteiger charge is 2.31. The van der Waals surface area contributed by atoms with E-state index in [-0.39, 0.29) is 0 Å². The van der Waals surface area contributed by atoms with Gasteiger partial charge in [0.25, 0.3) is 12.6 Å². The van der Waals surface area contributed by atoms with Crippen molar-refractivity contribution < 1.29 is 28.4 Å². The second-order valence-corrected chi connectivity index (χ2v) is 7.77. The highest BCUT2D eigenvalue weighted by molar-refractivity contribution is 5.32. The molecule has 2 atom stereocenters. The molecule has 176 valence electrons. The maximum Gasteiger partial charge on any atom is 0.263 e. The van der Waals surface area contributed by atoms with Crippen LogP contribution >= 0.6 is 0 Å². The third kappa shape index (κ3) is 8.24. The third-order valence-electron chi connectivity index (χ3n) is 5.05. The van der Waals surface area contributed by atoms with Crippen LogP contribution in [0.4, 0.5) is 0 Å². The number of ether oxygens (including phenoxy) is 6. The van der Waals surface area contributed by atoms with Crippen LogP contribution in [0.2, 0.25) is 0 Å². The van der Waals surface area contributed by atoms with Crippen molar-refractivity contribution in [1.82, 2.24) is 0 Å². The van der Waals surface area contributed by atoms with Crippen LogP contribution in [0.3, 0.4) is 0 Å². The summed E-state index contributed by atoms with van der Waals surface area (Å²) in [4.78, 5) is 0. The maximum atomic E-state index is 5.99. The lowest BCUT2D eigenvalue weighted by Gasteiger charge is -2.31. The van der Waals surface area contributed by atoms with Crippen molar-refractivity contribution in [1.29, 1.82) is 0 Å². The Labute approximate surface area is 191 Å². The molecule has 0 radical (unpaired) electrons. The van der Waals surface area contributed by atoms with Crippen molar-refractivity contribution >= 4 is 0 Å². The molecule has 1 aliphatic rings. The Bertz CT molecular complexity index is 680. The number of rotatable bonds is 14. The SMILES string of the molecule is CCCCCOc1ccc(O[C@H]2OCCO[C@@H]2Oc2ccc(OCCCCC)cc2)cc1. The summed E-state index contributed by atoms with van der Waals surface area (Å²) in [5.41, 5.74) is 0. The van der Waals surface area contributed by atoms with Gasteiger partial charge in [-0.3, -0.25) is 0 Å². The Morgan fingerprint density at radius 2 is 0.969 bits per heavy atom. The van der Waals surface area contributed by atoms with E-state index in [1.54, 1.807) is 0 Å². The first-order chi connectivity index (χ1) is 15.8. The van der Waals surface area contributed by atoms with Crippen LogP contribution in [0.25, 0.3) is 0 Å². The molecule has 6 nitrogen and oxygen atoms in total. The second-order valence-electron chi connectivity index (χ2n) is 7.77. The molecule has 1 aliphatic heterocycles. The number of benzene rings is 2. The van der Waals surface area contributed by atoms with Gasteiger partial charge in [0.2, 0.25) is 0 Å². The van der Waals surface area contributed by atoms with E-state index in [0.29, 0.717) is 24.7 Å². The fourth-order valence-electron chi connectivity index (χ4n) is 3.25. The first-order valence-electron chi connectivity index (χ1n) is 11.8. The van der Waals surface area contributed by atoms with Crippen molar-refractivity contribution in [2.75, 3.05) is 26.4 Å². The van der Waals surface area contributed by atoms with E-state index >= 15 is 0 Å². The molecule has 2 aromatic carbocycles. The maximum absolute atomic E-state index is 5.99. The van der Waals surface area contributed by atoms with Gasteiger partial charge < -0.3 is 28.4 Å². The van der Waals surface area contributed by atoms with Gasteiger partial charge in [0.1, 0.15) is 23.0 Å². The quantitative estimate of drug-likeness (QED) is 0.334. The van der Waals surface area contributed by atoms with E-state index in [0.717, 1.165) is 37.6 Å². The van der Waals surface area contributed by atoms with Gasteiger partial charge >= 0.3 is 0 Å². The molecule has 2 aromatic rings. The predicted octanol–water partition coefficient (Wildman–Crippen LogP) is 5.98. The lowest BCUT2D eigenvalue weighted by Crippen LogP contribution is -2.45. The Balaban J connectivity index is 1.49. The molecule has 0 saturated carbocycles. The number of hydrogen-bond acceptors (Lipinski definition) is 6. The summed E-state index contributed by atoms with van der Waals surface area (Å²) < 4.78 is 35.0. The zero-order valence-corrected chi connectivity index (χ0v) is 19.3. The minimum atomic E-state index is -0.662. The van der Waals surface area contributed by atoms with E-state index in [2.05, 4.69) is 13.8 Å². The molecule has 6 heteroatoms. The first kappa shape index (κ1) is 24.2. The molecule has 1 fully saturated rings. The molecule has 1 heterocycles. The molecular formula is C26H36O6. The molecule has 0 aromatic heterocycles. The summed E-state index contributed by atoms with van der Waals surface area (Å²) in [6.07, 6.45) is 5.52. The van der Waals surface area contributed by atoms with Gasteiger partial charge in [0.15, 0.2) is 0 Å². The molecular weight excluding hydrogens is 408 g/mol. The standard InChI is InChI=1S/C26H36O6/c1-3-5-7-17-27-21-9-13-23(14-10-21)31-25-26(30-20-19-29-25)32-24-15-11-22(12-16-24)28-18-8-6-4-2/h9-16,25-26H,3-8,17-20H2,1-2H3/t25-,26-/m1/s1. The van der Waals surface area contributed by atoms with Gasteiger partial charge in [0.05, 0.1) is 26.4 Å². The summed E-state index contributed by atoms with van der Waals surface area (Å²) in [5.74, 6) is 3.01. The Morgan fingerprint density at radius 1 is 0.594 bits per heavy atom. The van der Waals surface area contributed by atoms with Crippen molar-refractivity contribution in [3.63, 3.8) is 0 Å². The van der Waals surface area contributed by atoms with E-state index < -0.39 is 12.6 Å². The van der Waals surface area contributed by atoms with Gasteiger partial charge in [-0.1, -0.05) is 39.5 Å². The second kappa shape index (κ2) is 13.9. The van der Waals surface area contributed by atoms with Crippen LogP contribution in [-0.2, 0) is 9.47 Å². The van der Waals surface area contributed by atoms with Crippen molar-refractivity contribution in [2.24, 2.45) is 0 Å². The highest BCUT2D eigenvalue weighted by atomic mass is 16.8. The van der Waals surface area contributed by atoms with Gasteiger partial charge in [-0.15, -0.1) is 0 Å². The smallest absolute Gasteiger partial charge is 0.263 e. The Hall–Kier alpha value is -2.44. The third-order valence-corrected chi connectivity index (χ3v) is 5.05. The van der Waals surface area contributed by atoms with Crippen molar-refractivity contribution in [3.8, 4) is 23.0 Å². The molecule has 0 unspecified atom stereocenters.